The molecule has 5 heteroatoms. The van der Waals surface area contributed by atoms with E-state index < -0.39 is 17.5 Å². The van der Waals surface area contributed by atoms with E-state index in [0.717, 1.165) is 12.1 Å². The van der Waals surface area contributed by atoms with Crippen LogP contribution in [-0.2, 0) is 16.6 Å². The summed E-state index contributed by atoms with van der Waals surface area (Å²) in [7, 11) is 0. The summed E-state index contributed by atoms with van der Waals surface area (Å²) in [6, 6.07) is 5.04. The number of nitrogens with one attached hydrogen (secondary N) is 1. The molecule has 2 rings (SSSR count). The fourth-order valence-electron chi connectivity index (χ4n) is 1.76. The highest BCUT2D eigenvalue weighted by Crippen LogP contribution is 2.31. The molecule has 1 unspecified atom stereocenters. The summed E-state index contributed by atoms with van der Waals surface area (Å²) in [5.74, 6) is 0. The van der Waals surface area contributed by atoms with E-state index in [1.165, 1.54) is 12.1 Å². The second kappa shape index (κ2) is 3.75. The Kier molecular flexibility index (Phi) is 2.67. The molecule has 2 nitrogen and oxygen atoms in total. The smallest absolute Gasteiger partial charge is 0.355 e. The normalized spacial score (nSPS) is 26.0. The number of ether oxygens (including phenoxy) is 1. The molecule has 16 heavy (non-hydrogen) atoms. The van der Waals surface area contributed by atoms with Crippen LogP contribution in [0.2, 0.25) is 0 Å². The topological polar surface area (TPSA) is 21.3 Å². The predicted octanol–water partition coefficient (Wildman–Crippen LogP) is 2.50. The highest BCUT2D eigenvalue weighted by molar-refractivity contribution is 5.28. The molecular weight excluding hydrogens is 219 g/mol. The first-order valence-electron chi connectivity index (χ1n) is 4.98. The Balaban J connectivity index is 2.26. The molecule has 1 atom stereocenters. The summed E-state index contributed by atoms with van der Waals surface area (Å²) in [5.41, 5.74) is -0.597. The Morgan fingerprint density at radius 2 is 1.88 bits per heavy atom. The van der Waals surface area contributed by atoms with E-state index in [9.17, 15) is 13.2 Å². The Labute approximate surface area is 91.4 Å². The summed E-state index contributed by atoms with van der Waals surface area (Å²) < 4.78 is 42.5. The molecule has 0 radical (unpaired) electrons. The molecule has 1 aromatic carbocycles. The van der Waals surface area contributed by atoms with Gasteiger partial charge in [-0.25, -0.2) is 0 Å². The van der Waals surface area contributed by atoms with E-state index in [1.807, 2.05) is 6.92 Å². The van der Waals surface area contributed by atoms with Crippen molar-refractivity contribution in [3.8, 4) is 0 Å². The minimum absolute atomic E-state index is 0.567. The van der Waals surface area contributed by atoms with Crippen LogP contribution < -0.4 is 5.32 Å². The summed E-state index contributed by atoms with van der Waals surface area (Å²) in [6.07, 6.45) is -4.29. The van der Waals surface area contributed by atoms with Gasteiger partial charge in [0.15, 0.2) is 0 Å². The van der Waals surface area contributed by atoms with Crippen LogP contribution in [0.15, 0.2) is 24.3 Å². The van der Waals surface area contributed by atoms with Crippen molar-refractivity contribution in [2.45, 2.75) is 18.8 Å². The van der Waals surface area contributed by atoms with Crippen LogP contribution in [0.3, 0.4) is 0 Å². The van der Waals surface area contributed by atoms with Gasteiger partial charge in [-0.15, -0.1) is 0 Å². The average Bonchev–Trinajstić information content (AvgIpc) is 2.66. The molecule has 0 saturated carbocycles. The second-order valence-corrected chi connectivity index (χ2v) is 3.88. The third kappa shape index (κ3) is 2.05. The lowest BCUT2D eigenvalue weighted by Gasteiger charge is -2.24. The van der Waals surface area contributed by atoms with Crippen LogP contribution in [0.5, 0.6) is 0 Å². The van der Waals surface area contributed by atoms with Crippen LogP contribution >= 0.6 is 0 Å². The van der Waals surface area contributed by atoms with E-state index in [4.69, 9.17) is 4.74 Å². The molecule has 88 valence electrons. The standard InChI is InChI=1S/C11H12F3NO/c1-10(15-6-7-16-10)8-2-4-9(5-3-8)11(12,13)14/h2-5,15H,6-7H2,1H3. The lowest BCUT2D eigenvalue weighted by molar-refractivity contribution is -0.137. The number of alkyl halides is 3. The molecule has 1 heterocycles. The number of halogens is 3. The molecule has 0 aliphatic carbocycles. The Bertz CT molecular complexity index is 366. The Morgan fingerprint density at radius 1 is 1.25 bits per heavy atom. The minimum atomic E-state index is -4.29. The molecule has 1 fully saturated rings. The third-order valence-corrected chi connectivity index (χ3v) is 2.72. The molecular formula is C11H12F3NO. The van der Waals surface area contributed by atoms with E-state index in [1.54, 1.807) is 0 Å². The van der Waals surface area contributed by atoms with Gasteiger partial charge in [-0.2, -0.15) is 13.2 Å². The van der Waals surface area contributed by atoms with Gasteiger partial charge in [0.25, 0.3) is 0 Å². The zero-order chi connectivity index (χ0) is 11.8. The van der Waals surface area contributed by atoms with Gasteiger partial charge in [-0.3, -0.25) is 5.32 Å². The first kappa shape index (κ1) is 11.4. The molecule has 1 saturated heterocycles. The van der Waals surface area contributed by atoms with E-state index in [0.29, 0.717) is 18.7 Å². The van der Waals surface area contributed by atoms with Crippen LogP contribution in [-0.4, -0.2) is 13.2 Å². The molecule has 0 aromatic heterocycles. The number of hydrogen-bond acceptors (Lipinski definition) is 2. The van der Waals surface area contributed by atoms with Crippen molar-refractivity contribution < 1.29 is 17.9 Å². The van der Waals surface area contributed by atoms with E-state index in [2.05, 4.69) is 5.32 Å². The van der Waals surface area contributed by atoms with Crippen LogP contribution in [0.1, 0.15) is 18.1 Å². The summed E-state index contributed by atoms with van der Waals surface area (Å²) in [4.78, 5) is 0. The van der Waals surface area contributed by atoms with E-state index >= 15 is 0 Å². The number of hydrogen-bond donors (Lipinski definition) is 1. The molecule has 1 aliphatic heterocycles. The lowest BCUT2D eigenvalue weighted by Crippen LogP contribution is -2.34. The van der Waals surface area contributed by atoms with E-state index in [-0.39, 0.29) is 0 Å². The Hall–Kier alpha value is -1.07. The van der Waals surface area contributed by atoms with Gasteiger partial charge < -0.3 is 4.74 Å². The van der Waals surface area contributed by atoms with Gasteiger partial charge in [0.1, 0.15) is 5.72 Å². The Morgan fingerprint density at radius 3 is 2.31 bits per heavy atom. The molecule has 1 aromatic rings. The van der Waals surface area contributed by atoms with Crippen molar-refractivity contribution in [3.05, 3.63) is 35.4 Å². The van der Waals surface area contributed by atoms with Crippen molar-refractivity contribution in [1.82, 2.24) is 5.32 Å². The summed E-state index contributed by atoms with van der Waals surface area (Å²) in [6.45, 7) is 3.08. The van der Waals surface area contributed by atoms with Gasteiger partial charge in [0, 0.05) is 6.54 Å². The highest BCUT2D eigenvalue weighted by atomic mass is 19.4. The monoisotopic (exact) mass is 231 g/mol. The van der Waals surface area contributed by atoms with Crippen molar-refractivity contribution >= 4 is 0 Å². The minimum Gasteiger partial charge on any atom is -0.355 e. The summed E-state index contributed by atoms with van der Waals surface area (Å²) in [5, 5.41) is 3.10. The van der Waals surface area contributed by atoms with Gasteiger partial charge >= 0.3 is 6.18 Å². The molecule has 1 N–H and O–H groups in total. The number of benzene rings is 1. The molecule has 0 spiro atoms. The number of rotatable bonds is 1. The average molecular weight is 231 g/mol. The fourth-order valence-corrected chi connectivity index (χ4v) is 1.76. The molecule has 0 bridgehead atoms. The van der Waals surface area contributed by atoms with Crippen LogP contribution in [0.25, 0.3) is 0 Å². The highest BCUT2D eigenvalue weighted by Gasteiger charge is 2.34. The maximum atomic E-state index is 12.3. The molecule has 0 amide bonds. The van der Waals surface area contributed by atoms with Gasteiger partial charge in [0.05, 0.1) is 12.2 Å². The zero-order valence-corrected chi connectivity index (χ0v) is 8.77. The van der Waals surface area contributed by atoms with Crippen LogP contribution in [0.4, 0.5) is 13.2 Å². The van der Waals surface area contributed by atoms with Crippen molar-refractivity contribution in [2.24, 2.45) is 0 Å². The lowest BCUT2D eigenvalue weighted by atomic mass is 10.0. The quantitative estimate of drug-likeness (QED) is 0.801. The van der Waals surface area contributed by atoms with Crippen molar-refractivity contribution in [2.75, 3.05) is 13.2 Å². The first-order valence-corrected chi connectivity index (χ1v) is 4.98. The van der Waals surface area contributed by atoms with Gasteiger partial charge in [-0.05, 0) is 24.6 Å². The van der Waals surface area contributed by atoms with Crippen molar-refractivity contribution in [3.63, 3.8) is 0 Å². The maximum Gasteiger partial charge on any atom is 0.416 e. The maximum absolute atomic E-state index is 12.3. The zero-order valence-electron chi connectivity index (χ0n) is 8.77. The summed E-state index contributed by atoms with van der Waals surface area (Å²) >= 11 is 0. The molecule has 1 aliphatic rings. The third-order valence-electron chi connectivity index (χ3n) is 2.72. The second-order valence-electron chi connectivity index (χ2n) is 3.88. The van der Waals surface area contributed by atoms with Gasteiger partial charge in [0.2, 0.25) is 0 Å². The first-order chi connectivity index (χ1) is 7.42. The largest absolute Gasteiger partial charge is 0.416 e. The predicted molar refractivity (Wildman–Crippen MR) is 52.8 cm³/mol. The van der Waals surface area contributed by atoms with Gasteiger partial charge in [-0.1, -0.05) is 12.1 Å². The van der Waals surface area contributed by atoms with Crippen LogP contribution in [0, 0.1) is 0 Å². The SMILES string of the molecule is CC1(c2ccc(C(F)(F)F)cc2)NCCO1. The fraction of sp³-hybridized carbons (Fsp3) is 0.455. The van der Waals surface area contributed by atoms with Crippen molar-refractivity contribution in [1.29, 1.82) is 0 Å².